The Morgan fingerprint density at radius 3 is 1.42 bits per heavy atom. The van der Waals surface area contributed by atoms with Gasteiger partial charge in [0.15, 0.2) is 0 Å². The predicted molar refractivity (Wildman–Crippen MR) is 50.9 cm³/mol. The summed E-state index contributed by atoms with van der Waals surface area (Å²) in [6, 6.07) is 0. The minimum absolute atomic E-state index is 2.02. The Morgan fingerprint density at radius 2 is 1.26 bits per heavy atom. The van der Waals surface area contributed by atoms with Crippen molar-refractivity contribution >= 4 is 51.6 Å². The molecule has 0 aromatic rings. The van der Waals surface area contributed by atoms with Crippen molar-refractivity contribution in [1.29, 1.82) is 0 Å². The van der Waals surface area contributed by atoms with Gasteiger partial charge in [0.2, 0.25) is 0 Å². The zero-order valence-electron chi connectivity index (χ0n) is 8.00. The number of carbonyl (C=O) groups excluding carboxylic acids is 1. The molecule has 1 unspecified atom stereocenters. The third-order valence-corrected chi connectivity index (χ3v) is 3.69. The van der Waals surface area contributed by atoms with Crippen molar-refractivity contribution in [3.05, 3.63) is 0 Å². The Labute approximate surface area is 120 Å². The summed E-state index contributed by atoms with van der Waals surface area (Å²) in [5.74, 6) is -5.28. The Morgan fingerprint density at radius 1 is 0.895 bits per heavy atom. The van der Waals surface area contributed by atoms with Crippen molar-refractivity contribution in [1.82, 2.24) is 0 Å². The van der Waals surface area contributed by atoms with E-state index in [1.807, 2.05) is 0 Å². The first kappa shape index (κ1) is 17.4. The number of ether oxygens (including phenoxy) is 2. The Kier molecular flexibility index (Phi) is 4.03. The van der Waals surface area contributed by atoms with Crippen molar-refractivity contribution < 1.29 is 40.6 Å². The van der Waals surface area contributed by atoms with Gasteiger partial charge in [0.25, 0.3) is 14.8 Å². The van der Waals surface area contributed by atoms with Gasteiger partial charge in [0.1, 0.15) is 0 Å². The molecule has 0 aromatic heterocycles. The highest BCUT2D eigenvalue weighted by atomic mass is 35.5. The molecule has 0 spiro atoms. The van der Waals surface area contributed by atoms with E-state index >= 15 is 0 Å². The molecule has 0 aromatic carbocycles. The van der Waals surface area contributed by atoms with Crippen LogP contribution in [0.1, 0.15) is 0 Å². The maximum atomic E-state index is 12.6. The standard InChI is InChI=1S/C6Cl4F6O3/c7-1(17)2(8)4(9,10)19-3(18-2,5(11,12)13)6(14,15)16. The highest BCUT2D eigenvalue weighted by molar-refractivity contribution is 6.73. The van der Waals surface area contributed by atoms with Crippen molar-refractivity contribution in [3.8, 4) is 0 Å². The first-order valence-corrected chi connectivity index (χ1v) is 5.42. The molecular formula is C6Cl4F6O3. The molecule has 1 heterocycles. The monoisotopic (exact) mass is 374 g/mol. The highest BCUT2D eigenvalue weighted by Gasteiger charge is 2.86. The average molecular weight is 376 g/mol. The van der Waals surface area contributed by atoms with Crippen LogP contribution in [0, 0.1) is 0 Å². The predicted octanol–water partition coefficient (Wildman–Crippen LogP) is 3.69. The lowest BCUT2D eigenvalue weighted by Crippen LogP contribution is -2.59. The molecule has 1 aliphatic heterocycles. The van der Waals surface area contributed by atoms with Crippen LogP contribution in [0.4, 0.5) is 26.3 Å². The number of hydrogen-bond donors (Lipinski definition) is 0. The molecular weight excluding hydrogens is 376 g/mol. The fourth-order valence-corrected chi connectivity index (χ4v) is 1.95. The summed E-state index contributed by atoms with van der Waals surface area (Å²) in [6.07, 6.45) is -12.4. The summed E-state index contributed by atoms with van der Waals surface area (Å²) in [7, 11) is 0. The summed E-state index contributed by atoms with van der Waals surface area (Å²) in [6.45, 7) is 0. The van der Waals surface area contributed by atoms with Crippen LogP contribution in [-0.4, -0.2) is 33.0 Å². The molecule has 0 saturated carbocycles. The number of carbonyl (C=O) groups is 1. The van der Waals surface area contributed by atoms with Gasteiger partial charge in [-0.15, -0.1) is 0 Å². The quantitative estimate of drug-likeness (QED) is 0.398. The summed E-state index contributed by atoms with van der Waals surface area (Å²) in [4.78, 5) is 10.8. The van der Waals surface area contributed by atoms with E-state index in [4.69, 9.17) is 46.4 Å². The second-order valence-electron chi connectivity index (χ2n) is 3.20. The van der Waals surface area contributed by atoms with Crippen LogP contribution in [0.5, 0.6) is 0 Å². The van der Waals surface area contributed by atoms with Crippen LogP contribution in [-0.2, 0) is 14.3 Å². The smallest absolute Gasteiger partial charge is 0.299 e. The normalized spacial score (nSPS) is 30.4. The van der Waals surface area contributed by atoms with E-state index in [9.17, 15) is 31.1 Å². The molecule has 19 heavy (non-hydrogen) atoms. The molecule has 0 amide bonds. The number of hydrogen-bond acceptors (Lipinski definition) is 3. The van der Waals surface area contributed by atoms with E-state index < -0.39 is 33.0 Å². The summed E-state index contributed by atoms with van der Waals surface area (Å²) >= 11 is 20.0. The van der Waals surface area contributed by atoms with Gasteiger partial charge >= 0.3 is 18.1 Å². The van der Waals surface area contributed by atoms with Crippen molar-refractivity contribution in [2.24, 2.45) is 0 Å². The largest absolute Gasteiger partial charge is 0.453 e. The molecule has 0 radical (unpaired) electrons. The number of halogens is 10. The van der Waals surface area contributed by atoms with Crippen LogP contribution >= 0.6 is 46.4 Å². The zero-order chi connectivity index (χ0) is 15.5. The van der Waals surface area contributed by atoms with Crippen molar-refractivity contribution in [2.75, 3.05) is 0 Å². The Bertz CT molecular complexity index is 393. The van der Waals surface area contributed by atoms with Gasteiger partial charge in [-0.05, 0) is 11.6 Å². The fourth-order valence-electron chi connectivity index (χ4n) is 1.07. The van der Waals surface area contributed by atoms with Gasteiger partial charge in [-0.2, -0.15) is 26.3 Å². The van der Waals surface area contributed by atoms with E-state index in [-0.39, 0.29) is 0 Å². The molecule has 0 bridgehead atoms. The summed E-state index contributed by atoms with van der Waals surface area (Å²) in [5, 5.41) is -5.61. The Hall–Kier alpha value is 0.330. The molecule has 1 saturated heterocycles. The van der Waals surface area contributed by atoms with Gasteiger partial charge < -0.3 is 0 Å². The molecule has 13 heteroatoms. The van der Waals surface area contributed by atoms with Gasteiger partial charge in [0.05, 0.1) is 0 Å². The van der Waals surface area contributed by atoms with Gasteiger partial charge in [-0.25, -0.2) is 0 Å². The van der Waals surface area contributed by atoms with Gasteiger partial charge in [-0.1, -0.05) is 34.8 Å². The van der Waals surface area contributed by atoms with E-state index in [0.29, 0.717) is 0 Å². The lowest BCUT2D eigenvalue weighted by molar-refractivity contribution is -0.445. The molecule has 3 nitrogen and oxygen atoms in total. The molecule has 112 valence electrons. The third-order valence-electron chi connectivity index (χ3n) is 1.93. The second kappa shape index (κ2) is 4.41. The molecule has 0 aliphatic carbocycles. The molecule has 1 atom stereocenters. The number of rotatable bonds is 1. The highest BCUT2D eigenvalue weighted by Crippen LogP contribution is 2.62. The van der Waals surface area contributed by atoms with Crippen LogP contribution in [0.2, 0.25) is 0 Å². The maximum absolute atomic E-state index is 12.6. The van der Waals surface area contributed by atoms with Gasteiger partial charge in [0, 0.05) is 0 Å². The summed E-state index contributed by atoms with van der Waals surface area (Å²) in [5.41, 5.74) is 0. The van der Waals surface area contributed by atoms with Crippen LogP contribution < -0.4 is 0 Å². The lowest BCUT2D eigenvalue weighted by Gasteiger charge is -2.31. The van der Waals surface area contributed by atoms with Crippen molar-refractivity contribution in [3.63, 3.8) is 0 Å². The first-order chi connectivity index (χ1) is 8.11. The van der Waals surface area contributed by atoms with Gasteiger partial charge in [-0.3, -0.25) is 14.3 Å². The first-order valence-electron chi connectivity index (χ1n) is 3.91. The minimum atomic E-state index is -6.18. The van der Waals surface area contributed by atoms with Crippen molar-refractivity contribution in [2.45, 2.75) is 27.7 Å². The van der Waals surface area contributed by atoms with E-state index in [2.05, 4.69) is 9.47 Å². The number of alkyl halides is 9. The van der Waals surface area contributed by atoms with E-state index in [1.54, 1.807) is 0 Å². The molecule has 1 aliphatic rings. The molecule has 0 N–H and O–H groups in total. The van der Waals surface area contributed by atoms with E-state index in [0.717, 1.165) is 0 Å². The van der Waals surface area contributed by atoms with Crippen LogP contribution in [0.15, 0.2) is 0 Å². The van der Waals surface area contributed by atoms with E-state index in [1.165, 1.54) is 0 Å². The Balaban J connectivity index is 3.48. The third kappa shape index (κ3) is 2.38. The van der Waals surface area contributed by atoms with Crippen LogP contribution in [0.25, 0.3) is 0 Å². The van der Waals surface area contributed by atoms with Crippen LogP contribution in [0.3, 0.4) is 0 Å². The lowest BCUT2D eigenvalue weighted by atomic mass is 10.2. The minimum Gasteiger partial charge on any atom is -0.299 e. The average Bonchev–Trinajstić information content (AvgIpc) is 2.34. The maximum Gasteiger partial charge on any atom is 0.453 e. The second-order valence-corrected chi connectivity index (χ2v) is 5.34. The fraction of sp³-hybridized carbons (Fsp3) is 0.833. The molecule has 1 fully saturated rings. The zero-order valence-corrected chi connectivity index (χ0v) is 11.0. The summed E-state index contributed by atoms with van der Waals surface area (Å²) < 4.78 is 78.8. The topological polar surface area (TPSA) is 35.5 Å². The SMILES string of the molecule is O=C(Cl)C1(Cl)OC(C(F)(F)F)(C(F)(F)F)OC1(Cl)Cl. The molecule has 1 rings (SSSR count).